The van der Waals surface area contributed by atoms with E-state index in [0.717, 1.165) is 29.2 Å². The van der Waals surface area contributed by atoms with Gasteiger partial charge in [0.05, 0.1) is 7.11 Å². The van der Waals surface area contributed by atoms with Gasteiger partial charge < -0.3 is 4.74 Å². The maximum Gasteiger partial charge on any atom is 0.119 e. The maximum absolute atomic E-state index is 6.21. The van der Waals surface area contributed by atoms with E-state index in [1.54, 1.807) is 7.11 Å². The fourth-order valence-electron chi connectivity index (χ4n) is 2.29. The lowest BCUT2D eigenvalue weighted by atomic mass is 9.94. The average molecular weight is 309 g/mol. The fraction of sp³-hybridized carbons (Fsp3) is 0.294. The third kappa shape index (κ3) is 4.16. The van der Waals surface area contributed by atoms with E-state index in [1.165, 1.54) is 5.56 Å². The van der Waals surface area contributed by atoms with Gasteiger partial charge in [-0.15, -0.1) is 11.6 Å². The van der Waals surface area contributed by atoms with Crippen LogP contribution in [0.4, 0.5) is 0 Å². The molecule has 0 aromatic heterocycles. The van der Waals surface area contributed by atoms with Crippen LogP contribution in [0.2, 0.25) is 5.02 Å². The summed E-state index contributed by atoms with van der Waals surface area (Å²) in [5.74, 6) is 1.86. The number of rotatable bonds is 6. The summed E-state index contributed by atoms with van der Waals surface area (Å²) in [4.78, 5) is 0. The molecule has 0 heterocycles. The Morgan fingerprint density at radius 2 is 1.85 bits per heavy atom. The monoisotopic (exact) mass is 308 g/mol. The third-order valence-electron chi connectivity index (χ3n) is 3.34. The molecule has 0 aliphatic heterocycles. The largest absolute Gasteiger partial charge is 0.497 e. The van der Waals surface area contributed by atoms with Crippen molar-refractivity contribution in [1.29, 1.82) is 0 Å². The molecule has 0 fully saturated rings. The number of methoxy groups -OCH3 is 1. The molecule has 106 valence electrons. The van der Waals surface area contributed by atoms with Crippen LogP contribution in [0.3, 0.4) is 0 Å². The Balaban J connectivity index is 2.07. The number of alkyl halides is 1. The molecule has 1 atom stereocenters. The van der Waals surface area contributed by atoms with E-state index in [4.69, 9.17) is 27.9 Å². The summed E-state index contributed by atoms with van der Waals surface area (Å²) in [7, 11) is 1.68. The van der Waals surface area contributed by atoms with Crippen LogP contribution in [-0.4, -0.2) is 13.0 Å². The maximum atomic E-state index is 6.21. The zero-order valence-corrected chi connectivity index (χ0v) is 13.0. The standard InChI is InChI=1S/C17H18Cl2O/c1-20-16-7-4-5-13(11-16)9-14(12-18)10-15-6-2-3-8-17(15)19/h2-8,11,14H,9-10,12H2,1H3. The lowest BCUT2D eigenvalue weighted by Crippen LogP contribution is -2.10. The van der Waals surface area contributed by atoms with Crippen LogP contribution in [0.15, 0.2) is 48.5 Å². The van der Waals surface area contributed by atoms with Crippen LogP contribution in [0.25, 0.3) is 0 Å². The Kier molecular flexibility index (Phi) is 5.75. The quantitative estimate of drug-likeness (QED) is 0.683. The van der Waals surface area contributed by atoms with E-state index in [0.29, 0.717) is 11.8 Å². The van der Waals surface area contributed by atoms with Crippen molar-refractivity contribution >= 4 is 23.2 Å². The minimum absolute atomic E-state index is 0.365. The zero-order chi connectivity index (χ0) is 14.4. The number of halogens is 2. The average Bonchev–Trinajstić information content (AvgIpc) is 2.49. The summed E-state index contributed by atoms with van der Waals surface area (Å²) >= 11 is 12.3. The van der Waals surface area contributed by atoms with E-state index in [-0.39, 0.29) is 0 Å². The molecule has 0 radical (unpaired) electrons. The summed E-state index contributed by atoms with van der Waals surface area (Å²) in [6.45, 7) is 0. The molecule has 2 aromatic rings. The second-order valence-electron chi connectivity index (χ2n) is 4.87. The molecular formula is C17H18Cl2O. The van der Waals surface area contributed by atoms with Crippen LogP contribution < -0.4 is 4.74 Å². The van der Waals surface area contributed by atoms with Gasteiger partial charge in [-0.25, -0.2) is 0 Å². The molecule has 0 aliphatic rings. The smallest absolute Gasteiger partial charge is 0.119 e. The summed E-state index contributed by atoms with van der Waals surface area (Å²) in [5, 5.41) is 0.813. The van der Waals surface area contributed by atoms with Gasteiger partial charge in [0.1, 0.15) is 5.75 Å². The van der Waals surface area contributed by atoms with E-state index in [1.807, 2.05) is 30.3 Å². The molecule has 0 aliphatic carbocycles. The van der Waals surface area contributed by atoms with E-state index in [9.17, 15) is 0 Å². The topological polar surface area (TPSA) is 9.23 Å². The molecule has 1 unspecified atom stereocenters. The molecule has 0 N–H and O–H groups in total. The van der Waals surface area contributed by atoms with Crippen LogP contribution in [0.1, 0.15) is 11.1 Å². The van der Waals surface area contributed by atoms with Crippen molar-refractivity contribution in [3.05, 3.63) is 64.7 Å². The van der Waals surface area contributed by atoms with Crippen molar-refractivity contribution in [3.8, 4) is 5.75 Å². The highest BCUT2D eigenvalue weighted by Gasteiger charge is 2.12. The van der Waals surface area contributed by atoms with Gasteiger partial charge in [0, 0.05) is 10.9 Å². The number of benzene rings is 2. The van der Waals surface area contributed by atoms with Crippen molar-refractivity contribution in [2.24, 2.45) is 5.92 Å². The Bertz CT molecular complexity index is 554. The minimum Gasteiger partial charge on any atom is -0.497 e. The third-order valence-corrected chi connectivity index (χ3v) is 4.15. The molecule has 2 aromatic carbocycles. The fourth-order valence-corrected chi connectivity index (χ4v) is 2.72. The normalized spacial score (nSPS) is 12.2. The highest BCUT2D eigenvalue weighted by molar-refractivity contribution is 6.31. The summed E-state index contributed by atoms with van der Waals surface area (Å²) < 4.78 is 5.25. The predicted octanol–water partition coefficient (Wildman–Crippen LogP) is 4.99. The first-order valence-electron chi connectivity index (χ1n) is 6.65. The molecule has 0 amide bonds. The first-order chi connectivity index (χ1) is 9.72. The SMILES string of the molecule is COc1cccc(CC(CCl)Cc2ccccc2Cl)c1. The molecule has 0 saturated carbocycles. The van der Waals surface area contributed by atoms with Gasteiger partial charge in [-0.05, 0) is 48.1 Å². The van der Waals surface area contributed by atoms with Gasteiger partial charge in [0.25, 0.3) is 0 Å². The highest BCUT2D eigenvalue weighted by atomic mass is 35.5. The van der Waals surface area contributed by atoms with Crippen molar-refractivity contribution < 1.29 is 4.74 Å². The van der Waals surface area contributed by atoms with Gasteiger partial charge in [-0.3, -0.25) is 0 Å². The van der Waals surface area contributed by atoms with Gasteiger partial charge in [-0.2, -0.15) is 0 Å². The van der Waals surface area contributed by atoms with E-state index >= 15 is 0 Å². The Hall–Kier alpha value is -1.18. The van der Waals surface area contributed by atoms with Crippen LogP contribution >= 0.6 is 23.2 Å². The van der Waals surface area contributed by atoms with Gasteiger partial charge in [-0.1, -0.05) is 41.9 Å². The predicted molar refractivity (Wildman–Crippen MR) is 86.1 cm³/mol. The summed E-state index contributed by atoms with van der Waals surface area (Å²) in [5.41, 5.74) is 2.39. The van der Waals surface area contributed by atoms with Crippen molar-refractivity contribution in [3.63, 3.8) is 0 Å². The number of hydrogen-bond donors (Lipinski definition) is 0. The number of ether oxygens (including phenoxy) is 1. The van der Waals surface area contributed by atoms with Crippen molar-refractivity contribution in [2.45, 2.75) is 12.8 Å². The lowest BCUT2D eigenvalue weighted by molar-refractivity contribution is 0.414. The molecule has 0 bridgehead atoms. The van der Waals surface area contributed by atoms with Gasteiger partial charge in [0.2, 0.25) is 0 Å². The van der Waals surface area contributed by atoms with Gasteiger partial charge >= 0.3 is 0 Å². The first-order valence-corrected chi connectivity index (χ1v) is 7.56. The molecule has 3 heteroatoms. The van der Waals surface area contributed by atoms with Crippen LogP contribution in [0, 0.1) is 5.92 Å². The Labute approximate surface area is 130 Å². The molecular weight excluding hydrogens is 291 g/mol. The molecule has 20 heavy (non-hydrogen) atoms. The Morgan fingerprint density at radius 1 is 1.05 bits per heavy atom. The van der Waals surface area contributed by atoms with Crippen molar-refractivity contribution in [1.82, 2.24) is 0 Å². The highest BCUT2D eigenvalue weighted by Crippen LogP contribution is 2.23. The Morgan fingerprint density at radius 3 is 2.55 bits per heavy atom. The summed E-state index contributed by atoms with van der Waals surface area (Å²) in [6, 6.07) is 16.1. The lowest BCUT2D eigenvalue weighted by Gasteiger charge is -2.15. The van der Waals surface area contributed by atoms with E-state index < -0.39 is 0 Å². The number of hydrogen-bond acceptors (Lipinski definition) is 1. The molecule has 2 rings (SSSR count). The van der Waals surface area contributed by atoms with Crippen LogP contribution in [0.5, 0.6) is 5.75 Å². The van der Waals surface area contributed by atoms with Crippen molar-refractivity contribution in [2.75, 3.05) is 13.0 Å². The van der Waals surface area contributed by atoms with Crippen LogP contribution in [-0.2, 0) is 12.8 Å². The summed E-state index contributed by atoms with van der Waals surface area (Å²) in [6.07, 6.45) is 1.81. The second-order valence-corrected chi connectivity index (χ2v) is 5.59. The zero-order valence-electron chi connectivity index (χ0n) is 11.5. The molecule has 0 saturated heterocycles. The minimum atomic E-state index is 0.365. The van der Waals surface area contributed by atoms with Gasteiger partial charge in [0.15, 0.2) is 0 Å². The molecule has 1 nitrogen and oxygen atoms in total. The second kappa shape index (κ2) is 7.56. The van der Waals surface area contributed by atoms with E-state index in [2.05, 4.69) is 18.2 Å². The first kappa shape index (κ1) is 15.2. The molecule has 0 spiro atoms.